The number of aromatic nitrogens is 1. The summed E-state index contributed by atoms with van der Waals surface area (Å²) in [5.41, 5.74) is -0.740. The van der Waals surface area contributed by atoms with Crippen LogP contribution in [0.5, 0.6) is 11.5 Å². The van der Waals surface area contributed by atoms with Crippen molar-refractivity contribution in [2.45, 2.75) is 31.8 Å². The number of carboxylic acids is 1. The minimum absolute atomic E-state index is 0.0143. The highest BCUT2D eigenvalue weighted by atomic mass is 31.2. The zero-order chi connectivity index (χ0) is 26.5. The molecule has 2 unspecified atom stereocenters. The van der Waals surface area contributed by atoms with E-state index in [4.69, 9.17) is 9.26 Å². The van der Waals surface area contributed by atoms with E-state index in [-0.39, 0.29) is 48.2 Å². The number of benzene rings is 2. The van der Waals surface area contributed by atoms with Crippen molar-refractivity contribution < 1.29 is 33.0 Å². The fourth-order valence-corrected chi connectivity index (χ4v) is 6.34. The molecule has 5 rings (SSSR count). The van der Waals surface area contributed by atoms with Gasteiger partial charge in [0.15, 0.2) is 11.6 Å². The first-order valence-corrected chi connectivity index (χ1v) is 13.4. The lowest BCUT2D eigenvalue weighted by Crippen LogP contribution is -2.51. The van der Waals surface area contributed by atoms with E-state index in [1.807, 2.05) is 0 Å². The Bertz CT molecular complexity index is 1470. The van der Waals surface area contributed by atoms with Crippen LogP contribution in [0, 0.1) is 5.82 Å². The van der Waals surface area contributed by atoms with Gasteiger partial charge >= 0.3 is 13.7 Å². The molecule has 0 radical (unpaired) electrons. The van der Waals surface area contributed by atoms with Crippen molar-refractivity contribution in [1.29, 1.82) is 0 Å². The van der Waals surface area contributed by atoms with Crippen molar-refractivity contribution in [3.63, 3.8) is 0 Å². The maximum absolute atomic E-state index is 15.6. The summed E-state index contributed by atoms with van der Waals surface area (Å²) < 4.78 is 42.8. The number of para-hydroxylation sites is 1. The van der Waals surface area contributed by atoms with Crippen molar-refractivity contribution in [2.24, 2.45) is 0 Å². The lowest BCUT2D eigenvalue weighted by atomic mass is 10.1. The van der Waals surface area contributed by atoms with E-state index in [2.05, 4.69) is 0 Å². The van der Waals surface area contributed by atoms with E-state index >= 15 is 4.39 Å². The van der Waals surface area contributed by atoms with Crippen LogP contribution in [0.4, 0.5) is 10.1 Å². The Balaban J connectivity index is 1.52. The Hall–Kier alpha value is -3.40. The number of aromatic carboxylic acids is 1. The third-order valence-electron chi connectivity index (χ3n) is 6.77. The molecule has 2 N–H and O–H groups in total. The van der Waals surface area contributed by atoms with Gasteiger partial charge < -0.3 is 28.7 Å². The van der Waals surface area contributed by atoms with Crippen LogP contribution >= 0.6 is 7.75 Å². The molecule has 37 heavy (non-hydrogen) atoms. The molecule has 0 amide bonds. The molecule has 2 atom stereocenters. The van der Waals surface area contributed by atoms with Crippen molar-refractivity contribution in [3.05, 3.63) is 64.2 Å². The molecule has 1 saturated heterocycles. The van der Waals surface area contributed by atoms with Gasteiger partial charge in [-0.15, -0.1) is 0 Å². The smallest absolute Gasteiger partial charge is 0.459 e. The number of nitrogens with zero attached hydrogens (tertiary/aromatic N) is 3. The zero-order valence-electron chi connectivity index (χ0n) is 20.3. The molecule has 3 aromatic rings. The molecule has 1 saturated carbocycles. The van der Waals surface area contributed by atoms with Crippen LogP contribution in [-0.4, -0.2) is 58.0 Å². The van der Waals surface area contributed by atoms with Crippen LogP contribution in [0.2, 0.25) is 0 Å². The molecule has 12 heteroatoms. The number of rotatable bonds is 7. The van der Waals surface area contributed by atoms with E-state index in [0.717, 1.165) is 18.9 Å². The van der Waals surface area contributed by atoms with Gasteiger partial charge in [-0.25, -0.2) is 13.8 Å². The van der Waals surface area contributed by atoms with Crippen LogP contribution in [0.25, 0.3) is 10.9 Å². The molecule has 0 bridgehead atoms. The molecule has 1 aliphatic carbocycles. The number of pyridine rings is 1. The summed E-state index contributed by atoms with van der Waals surface area (Å²) >= 11 is 0. The molecule has 2 heterocycles. The van der Waals surface area contributed by atoms with E-state index in [0.29, 0.717) is 5.52 Å². The summed E-state index contributed by atoms with van der Waals surface area (Å²) in [4.78, 5) is 37.0. The molecule has 2 aliphatic rings. The summed E-state index contributed by atoms with van der Waals surface area (Å²) in [6, 6.07) is 8.91. The summed E-state index contributed by atoms with van der Waals surface area (Å²) in [6.45, 7) is 2.22. The average Bonchev–Trinajstić information content (AvgIpc) is 3.69. The van der Waals surface area contributed by atoms with Gasteiger partial charge in [-0.1, -0.05) is 18.2 Å². The van der Waals surface area contributed by atoms with Crippen LogP contribution in [0.15, 0.2) is 47.4 Å². The number of anilines is 1. The summed E-state index contributed by atoms with van der Waals surface area (Å²) in [5.74, 6) is -1.71. The third kappa shape index (κ3) is 4.58. The fourth-order valence-electron chi connectivity index (χ4n) is 4.92. The number of fused-ring (bicyclic) bond motifs is 1. The number of hydrogen-bond acceptors (Lipinski definition) is 6. The van der Waals surface area contributed by atoms with Gasteiger partial charge in [-0.2, -0.15) is 4.67 Å². The number of ether oxygens (including phenoxy) is 1. The molecular weight excluding hydrogens is 504 g/mol. The predicted octanol–water partition coefficient (Wildman–Crippen LogP) is 3.87. The monoisotopic (exact) mass is 531 g/mol. The number of hydrogen-bond donors (Lipinski definition) is 2. The minimum atomic E-state index is -4.19. The van der Waals surface area contributed by atoms with Crippen LogP contribution in [0.3, 0.4) is 0 Å². The molecule has 0 spiro atoms. The Kier molecular flexibility index (Phi) is 6.47. The standard InChI is InChI=1S/C25H27FN3O7P/c1-15-13-27(10-11-29(15)37(33,34)36-17-6-4-3-5-7-17)22-20(26)12-18-21(24(22)35-2)28(16-8-9-16)14-19(23(18)30)25(31)32/h3-7,12,14-16H,8-11,13H2,1-2H3,(H,31,32)(H,33,34). The first-order chi connectivity index (χ1) is 17.6. The Morgan fingerprint density at radius 2 is 1.89 bits per heavy atom. The lowest BCUT2D eigenvalue weighted by Gasteiger charge is -2.41. The molecule has 10 nitrogen and oxygen atoms in total. The van der Waals surface area contributed by atoms with Crippen LogP contribution in [0.1, 0.15) is 36.2 Å². The first kappa shape index (κ1) is 25.3. The second kappa shape index (κ2) is 9.48. The second-order valence-corrected chi connectivity index (χ2v) is 11.0. The molecule has 2 fully saturated rings. The van der Waals surface area contributed by atoms with Gasteiger partial charge in [0, 0.05) is 37.9 Å². The molecular formula is C25H27FN3O7P. The normalized spacial score (nSPS) is 20.0. The lowest BCUT2D eigenvalue weighted by molar-refractivity contribution is 0.0694. The molecule has 1 aliphatic heterocycles. The van der Waals surface area contributed by atoms with Crippen molar-refractivity contribution in [2.75, 3.05) is 31.6 Å². The SMILES string of the molecule is COc1c(N2CCN(P(=O)(O)Oc3ccccc3)C(C)C2)c(F)cc2c(=O)c(C(=O)O)cn(C3CC3)c12. The van der Waals surface area contributed by atoms with Crippen molar-refractivity contribution >= 4 is 30.3 Å². The van der Waals surface area contributed by atoms with E-state index in [1.54, 1.807) is 46.7 Å². The highest BCUT2D eigenvalue weighted by molar-refractivity contribution is 7.50. The molecule has 196 valence electrons. The Morgan fingerprint density at radius 3 is 2.49 bits per heavy atom. The zero-order valence-corrected chi connectivity index (χ0v) is 21.2. The summed E-state index contributed by atoms with van der Waals surface area (Å²) in [6.07, 6.45) is 2.91. The Labute approximate surface area is 212 Å². The maximum Gasteiger partial charge on any atom is 0.459 e. The van der Waals surface area contributed by atoms with E-state index in [9.17, 15) is 24.2 Å². The summed E-state index contributed by atoms with van der Waals surface area (Å²) in [5, 5.41) is 9.45. The molecule has 1 aromatic heterocycles. The number of halogens is 1. The number of methoxy groups -OCH3 is 1. The first-order valence-electron chi connectivity index (χ1n) is 11.9. The minimum Gasteiger partial charge on any atom is -0.492 e. The van der Waals surface area contributed by atoms with Gasteiger partial charge in [-0.05, 0) is 38.0 Å². The topological polar surface area (TPSA) is 122 Å². The fraction of sp³-hybridized carbons (Fsp3) is 0.360. The van der Waals surface area contributed by atoms with Gasteiger partial charge in [0.05, 0.1) is 18.0 Å². The highest BCUT2D eigenvalue weighted by Gasteiger charge is 2.40. The van der Waals surface area contributed by atoms with Crippen LogP contribution < -0.4 is 19.6 Å². The average molecular weight is 531 g/mol. The van der Waals surface area contributed by atoms with Crippen LogP contribution in [-0.2, 0) is 4.57 Å². The van der Waals surface area contributed by atoms with Gasteiger partial charge in [-0.3, -0.25) is 4.79 Å². The second-order valence-electron chi connectivity index (χ2n) is 9.30. The quantitative estimate of drug-likeness (QED) is 0.438. The molecule has 2 aromatic carbocycles. The number of carboxylic acid groups (broad SMARTS) is 1. The third-order valence-corrected chi connectivity index (χ3v) is 8.47. The van der Waals surface area contributed by atoms with Gasteiger partial charge in [0.1, 0.15) is 17.0 Å². The largest absolute Gasteiger partial charge is 0.492 e. The van der Waals surface area contributed by atoms with Crippen molar-refractivity contribution in [3.8, 4) is 11.5 Å². The van der Waals surface area contributed by atoms with Crippen molar-refractivity contribution in [1.82, 2.24) is 9.24 Å². The van der Waals surface area contributed by atoms with E-state index < -0.39 is 36.6 Å². The highest BCUT2D eigenvalue weighted by Crippen LogP contribution is 2.50. The van der Waals surface area contributed by atoms with Gasteiger partial charge in [0.25, 0.3) is 0 Å². The summed E-state index contributed by atoms with van der Waals surface area (Å²) in [7, 11) is -2.81. The van der Waals surface area contributed by atoms with E-state index in [1.165, 1.54) is 18.0 Å². The van der Waals surface area contributed by atoms with Gasteiger partial charge in [0.2, 0.25) is 5.43 Å². The Morgan fingerprint density at radius 1 is 1.19 bits per heavy atom. The predicted molar refractivity (Wildman–Crippen MR) is 135 cm³/mol. The number of carbonyl (C=O) groups is 1. The number of piperazine rings is 1. The maximum atomic E-state index is 15.6.